The van der Waals surface area contributed by atoms with Crippen LogP contribution in [0.25, 0.3) is 0 Å². The summed E-state index contributed by atoms with van der Waals surface area (Å²) in [4.78, 5) is 14.6. The number of likely N-dealkylation sites (tertiary alicyclic amines) is 1. The molecule has 1 aromatic carbocycles. The van der Waals surface area contributed by atoms with E-state index in [2.05, 4.69) is 19.2 Å². The summed E-state index contributed by atoms with van der Waals surface area (Å²) in [5.74, 6) is 1.47. The van der Waals surface area contributed by atoms with Crippen molar-refractivity contribution >= 4 is 11.6 Å². The molecule has 0 radical (unpaired) electrons. The summed E-state index contributed by atoms with van der Waals surface area (Å²) in [5.41, 5.74) is 1.75. The molecule has 0 saturated carbocycles. The van der Waals surface area contributed by atoms with Crippen LogP contribution in [0.3, 0.4) is 0 Å². The van der Waals surface area contributed by atoms with E-state index in [1.807, 2.05) is 36.1 Å². The molecule has 1 fully saturated rings. The van der Waals surface area contributed by atoms with Gasteiger partial charge in [-0.3, -0.25) is 4.79 Å². The highest BCUT2D eigenvalue weighted by Gasteiger charge is 2.29. The van der Waals surface area contributed by atoms with E-state index in [-0.39, 0.29) is 5.91 Å². The van der Waals surface area contributed by atoms with Crippen molar-refractivity contribution in [2.45, 2.75) is 27.2 Å². The van der Waals surface area contributed by atoms with Crippen molar-refractivity contribution in [2.24, 2.45) is 11.8 Å². The smallest absolute Gasteiger partial charge is 0.255 e. The van der Waals surface area contributed by atoms with Gasteiger partial charge in [0.2, 0.25) is 0 Å². The molecule has 3 nitrogen and oxygen atoms in total. The van der Waals surface area contributed by atoms with Gasteiger partial charge in [-0.25, -0.2) is 0 Å². The number of carbonyl (C=O) groups is 1. The lowest BCUT2D eigenvalue weighted by Gasteiger charge is -2.20. The third-order valence-corrected chi connectivity index (χ3v) is 3.98. The van der Waals surface area contributed by atoms with Crippen LogP contribution < -0.4 is 5.32 Å². The van der Waals surface area contributed by atoms with Crippen molar-refractivity contribution in [3.63, 3.8) is 0 Å². The van der Waals surface area contributed by atoms with Gasteiger partial charge in [-0.15, -0.1) is 0 Å². The molecular weight excluding hydrogens is 236 g/mol. The predicted octanol–water partition coefficient (Wildman–Crippen LogP) is 3.24. The van der Waals surface area contributed by atoms with E-state index in [0.717, 1.165) is 37.3 Å². The van der Waals surface area contributed by atoms with Gasteiger partial charge in [0.05, 0.1) is 5.56 Å². The van der Waals surface area contributed by atoms with Gasteiger partial charge in [0, 0.05) is 25.3 Å². The van der Waals surface area contributed by atoms with Crippen LogP contribution in [0.5, 0.6) is 0 Å². The number of amides is 1. The third-order valence-electron chi connectivity index (χ3n) is 3.98. The molecule has 1 atom stereocenters. The number of anilines is 1. The molecule has 1 heterocycles. The van der Waals surface area contributed by atoms with Crippen molar-refractivity contribution in [2.75, 3.05) is 25.0 Å². The molecule has 0 aromatic heterocycles. The summed E-state index contributed by atoms with van der Waals surface area (Å²) in [6.45, 7) is 9.15. The molecule has 1 N–H and O–H groups in total. The minimum Gasteiger partial charge on any atom is -0.385 e. The lowest BCUT2D eigenvalue weighted by Crippen LogP contribution is -2.30. The SMILES string of the molecule is CCNc1ccccc1C(=O)N1CCC(C(C)C)C1. The minimum absolute atomic E-state index is 0.166. The van der Waals surface area contributed by atoms with E-state index in [1.165, 1.54) is 0 Å². The van der Waals surface area contributed by atoms with Crippen LogP contribution in [0.15, 0.2) is 24.3 Å². The van der Waals surface area contributed by atoms with E-state index in [0.29, 0.717) is 11.8 Å². The molecule has 0 aliphatic carbocycles. The van der Waals surface area contributed by atoms with Crippen molar-refractivity contribution in [3.05, 3.63) is 29.8 Å². The molecule has 1 aliphatic heterocycles. The van der Waals surface area contributed by atoms with Gasteiger partial charge in [-0.2, -0.15) is 0 Å². The summed E-state index contributed by atoms with van der Waals surface area (Å²) < 4.78 is 0. The maximum Gasteiger partial charge on any atom is 0.255 e. The van der Waals surface area contributed by atoms with Crippen LogP contribution >= 0.6 is 0 Å². The first-order valence-corrected chi connectivity index (χ1v) is 7.25. The molecular formula is C16H24N2O. The van der Waals surface area contributed by atoms with Crippen LogP contribution in [0.2, 0.25) is 0 Å². The molecule has 1 aromatic rings. The quantitative estimate of drug-likeness (QED) is 0.901. The number of rotatable bonds is 4. The summed E-state index contributed by atoms with van der Waals surface area (Å²) in [5, 5.41) is 3.27. The molecule has 3 heteroatoms. The largest absolute Gasteiger partial charge is 0.385 e. The molecule has 0 bridgehead atoms. The molecule has 1 unspecified atom stereocenters. The van der Waals surface area contributed by atoms with Gasteiger partial charge >= 0.3 is 0 Å². The molecule has 1 aliphatic rings. The Morgan fingerprint density at radius 1 is 1.42 bits per heavy atom. The molecule has 1 saturated heterocycles. The Bertz CT molecular complexity index is 442. The first-order valence-electron chi connectivity index (χ1n) is 7.25. The van der Waals surface area contributed by atoms with Gasteiger partial charge in [-0.1, -0.05) is 26.0 Å². The Labute approximate surface area is 116 Å². The van der Waals surface area contributed by atoms with Crippen molar-refractivity contribution < 1.29 is 4.79 Å². The average Bonchev–Trinajstić information content (AvgIpc) is 2.89. The Hall–Kier alpha value is -1.51. The molecule has 104 valence electrons. The zero-order valence-corrected chi connectivity index (χ0v) is 12.1. The van der Waals surface area contributed by atoms with E-state index in [1.54, 1.807) is 0 Å². The maximum atomic E-state index is 12.6. The Balaban J connectivity index is 2.12. The maximum absolute atomic E-state index is 12.6. The Morgan fingerprint density at radius 3 is 2.79 bits per heavy atom. The first-order chi connectivity index (χ1) is 9.13. The summed E-state index contributed by atoms with van der Waals surface area (Å²) in [6, 6.07) is 7.80. The third kappa shape index (κ3) is 3.09. The zero-order chi connectivity index (χ0) is 13.8. The topological polar surface area (TPSA) is 32.3 Å². The Morgan fingerprint density at radius 2 is 2.16 bits per heavy atom. The van der Waals surface area contributed by atoms with E-state index < -0.39 is 0 Å². The van der Waals surface area contributed by atoms with Crippen LogP contribution in [0.4, 0.5) is 5.69 Å². The standard InChI is InChI=1S/C16H24N2O/c1-4-17-15-8-6-5-7-14(15)16(19)18-10-9-13(11-18)12(2)3/h5-8,12-13,17H,4,9-11H2,1-3H3. The highest BCUT2D eigenvalue weighted by molar-refractivity contribution is 5.99. The fourth-order valence-corrected chi connectivity index (χ4v) is 2.70. The van der Waals surface area contributed by atoms with E-state index >= 15 is 0 Å². The second kappa shape index (κ2) is 6.09. The number of nitrogens with one attached hydrogen (secondary N) is 1. The Kier molecular flexibility index (Phi) is 4.46. The van der Waals surface area contributed by atoms with Crippen molar-refractivity contribution in [1.82, 2.24) is 4.90 Å². The first kappa shape index (κ1) is 13.9. The summed E-state index contributed by atoms with van der Waals surface area (Å²) in [6.07, 6.45) is 1.13. The van der Waals surface area contributed by atoms with Gasteiger partial charge in [0.25, 0.3) is 5.91 Å². The summed E-state index contributed by atoms with van der Waals surface area (Å²) in [7, 11) is 0. The fraction of sp³-hybridized carbons (Fsp3) is 0.562. The predicted molar refractivity (Wildman–Crippen MR) is 79.5 cm³/mol. The second-order valence-corrected chi connectivity index (χ2v) is 5.62. The summed E-state index contributed by atoms with van der Waals surface area (Å²) >= 11 is 0. The van der Waals surface area contributed by atoms with Crippen molar-refractivity contribution in [1.29, 1.82) is 0 Å². The lowest BCUT2D eigenvalue weighted by molar-refractivity contribution is 0.0785. The molecule has 19 heavy (non-hydrogen) atoms. The zero-order valence-electron chi connectivity index (χ0n) is 12.1. The van der Waals surface area contributed by atoms with Crippen LogP contribution in [0, 0.1) is 11.8 Å². The van der Waals surface area contributed by atoms with Crippen LogP contribution in [0.1, 0.15) is 37.6 Å². The van der Waals surface area contributed by atoms with Crippen LogP contribution in [-0.2, 0) is 0 Å². The lowest BCUT2D eigenvalue weighted by atomic mass is 9.95. The molecule has 1 amide bonds. The number of nitrogens with zero attached hydrogens (tertiary/aromatic N) is 1. The van der Waals surface area contributed by atoms with Crippen molar-refractivity contribution in [3.8, 4) is 0 Å². The van der Waals surface area contributed by atoms with Gasteiger partial charge < -0.3 is 10.2 Å². The minimum atomic E-state index is 0.166. The van der Waals surface area contributed by atoms with E-state index in [9.17, 15) is 4.79 Å². The molecule has 0 spiro atoms. The highest BCUT2D eigenvalue weighted by atomic mass is 16.2. The number of hydrogen-bond donors (Lipinski definition) is 1. The van der Waals surface area contributed by atoms with Crippen LogP contribution in [-0.4, -0.2) is 30.4 Å². The van der Waals surface area contributed by atoms with Gasteiger partial charge in [-0.05, 0) is 37.3 Å². The molecule has 2 rings (SSSR count). The number of hydrogen-bond acceptors (Lipinski definition) is 2. The normalized spacial score (nSPS) is 18.9. The number of carbonyl (C=O) groups excluding carboxylic acids is 1. The van der Waals surface area contributed by atoms with E-state index in [4.69, 9.17) is 0 Å². The monoisotopic (exact) mass is 260 g/mol. The highest BCUT2D eigenvalue weighted by Crippen LogP contribution is 2.26. The average molecular weight is 260 g/mol. The second-order valence-electron chi connectivity index (χ2n) is 5.62. The fourth-order valence-electron chi connectivity index (χ4n) is 2.70. The number of benzene rings is 1. The number of para-hydroxylation sites is 1. The van der Waals surface area contributed by atoms with Gasteiger partial charge in [0.15, 0.2) is 0 Å². The van der Waals surface area contributed by atoms with Gasteiger partial charge in [0.1, 0.15) is 0 Å².